The van der Waals surface area contributed by atoms with Crippen molar-refractivity contribution in [3.8, 4) is 17.6 Å². The molecule has 0 radical (unpaired) electrons. The standard InChI is InChI=1S/C24H30O2/c1-5-12-23(3)13-11-22-21-8-6-17-15-18(26-16(2)25)7-9-19(17)20(21)10-14-24(22,23)4/h7,9,15,20-22H,6,8,10-11,13-14H2,1-4H3/t20-,21-,22+,23+,24+/m1/s1. The molecule has 2 fully saturated rings. The van der Waals surface area contributed by atoms with E-state index in [1.807, 2.05) is 13.0 Å². The Balaban J connectivity index is 1.64. The number of benzene rings is 1. The van der Waals surface area contributed by atoms with Crippen molar-refractivity contribution in [3.05, 3.63) is 29.3 Å². The van der Waals surface area contributed by atoms with E-state index < -0.39 is 0 Å². The van der Waals surface area contributed by atoms with Crippen LogP contribution < -0.4 is 4.74 Å². The van der Waals surface area contributed by atoms with Crippen molar-refractivity contribution in [1.82, 2.24) is 0 Å². The second-order valence-electron chi connectivity index (χ2n) is 9.07. The third kappa shape index (κ3) is 2.51. The van der Waals surface area contributed by atoms with Crippen LogP contribution in [0.2, 0.25) is 0 Å². The Hall–Kier alpha value is -1.75. The van der Waals surface area contributed by atoms with E-state index in [-0.39, 0.29) is 11.4 Å². The smallest absolute Gasteiger partial charge is 0.308 e. The van der Waals surface area contributed by atoms with Gasteiger partial charge in [-0.05, 0) is 98.8 Å². The molecule has 2 nitrogen and oxygen atoms in total. The minimum absolute atomic E-state index is 0.177. The molecule has 1 aromatic rings. The summed E-state index contributed by atoms with van der Waals surface area (Å²) in [7, 11) is 0. The number of ether oxygens (including phenoxy) is 1. The number of fused-ring (bicyclic) bond motifs is 5. The quantitative estimate of drug-likeness (QED) is 0.380. The van der Waals surface area contributed by atoms with Crippen molar-refractivity contribution in [2.75, 3.05) is 0 Å². The molecular weight excluding hydrogens is 320 g/mol. The van der Waals surface area contributed by atoms with Crippen LogP contribution in [0, 0.1) is 34.5 Å². The van der Waals surface area contributed by atoms with Gasteiger partial charge in [0.2, 0.25) is 0 Å². The van der Waals surface area contributed by atoms with E-state index in [2.05, 4.69) is 37.8 Å². The molecule has 0 spiro atoms. The summed E-state index contributed by atoms with van der Waals surface area (Å²) in [5.74, 6) is 9.52. The maximum atomic E-state index is 11.3. The number of hydrogen-bond acceptors (Lipinski definition) is 2. The second kappa shape index (κ2) is 6.15. The number of hydrogen-bond donors (Lipinski definition) is 0. The summed E-state index contributed by atoms with van der Waals surface area (Å²) in [6.07, 6.45) is 7.47. The van der Waals surface area contributed by atoms with Crippen LogP contribution in [-0.2, 0) is 11.2 Å². The van der Waals surface area contributed by atoms with Crippen molar-refractivity contribution < 1.29 is 9.53 Å². The van der Waals surface area contributed by atoms with Crippen LogP contribution in [0.4, 0.5) is 0 Å². The Kier molecular flexibility index (Phi) is 4.18. The van der Waals surface area contributed by atoms with Gasteiger partial charge < -0.3 is 4.74 Å². The summed E-state index contributed by atoms with van der Waals surface area (Å²) >= 11 is 0. The van der Waals surface area contributed by atoms with Gasteiger partial charge in [0.05, 0.1) is 0 Å². The van der Waals surface area contributed by atoms with Crippen LogP contribution >= 0.6 is 0 Å². The first kappa shape index (κ1) is 17.7. The van der Waals surface area contributed by atoms with Crippen molar-refractivity contribution in [3.63, 3.8) is 0 Å². The largest absolute Gasteiger partial charge is 0.427 e. The maximum Gasteiger partial charge on any atom is 0.308 e. The zero-order valence-electron chi connectivity index (χ0n) is 16.5. The molecule has 0 aromatic heterocycles. The first-order chi connectivity index (χ1) is 12.4. The molecule has 0 saturated heterocycles. The summed E-state index contributed by atoms with van der Waals surface area (Å²) in [4.78, 5) is 11.3. The number of carbonyl (C=O) groups is 1. The van der Waals surface area contributed by atoms with E-state index in [4.69, 9.17) is 4.74 Å². The number of rotatable bonds is 1. The molecule has 0 bridgehead atoms. The predicted molar refractivity (Wildman–Crippen MR) is 104 cm³/mol. The van der Waals surface area contributed by atoms with Gasteiger partial charge in [0.15, 0.2) is 0 Å². The highest BCUT2D eigenvalue weighted by molar-refractivity contribution is 5.69. The van der Waals surface area contributed by atoms with Crippen LogP contribution in [0.15, 0.2) is 18.2 Å². The monoisotopic (exact) mass is 350 g/mol. The van der Waals surface area contributed by atoms with Crippen molar-refractivity contribution >= 4 is 5.97 Å². The lowest BCUT2D eigenvalue weighted by atomic mass is 9.51. The lowest BCUT2D eigenvalue weighted by Gasteiger charge is -2.53. The van der Waals surface area contributed by atoms with E-state index in [0.717, 1.165) is 18.3 Å². The zero-order chi connectivity index (χ0) is 18.5. The summed E-state index contributed by atoms with van der Waals surface area (Å²) in [5, 5.41) is 0. The van der Waals surface area contributed by atoms with Crippen LogP contribution in [0.1, 0.15) is 76.8 Å². The lowest BCUT2D eigenvalue weighted by molar-refractivity contribution is -0.131. The third-order valence-corrected chi connectivity index (χ3v) is 7.97. The normalized spacial score (nSPS) is 37.6. The average Bonchev–Trinajstić information content (AvgIpc) is 2.85. The fourth-order valence-corrected chi connectivity index (χ4v) is 6.54. The lowest BCUT2D eigenvalue weighted by Crippen LogP contribution is -2.45. The molecule has 0 amide bonds. The van der Waals surface area contributed by atoms with Gasteiger partial charge in [-0.15, -0.1) is 5.92 Å². The third-order valence-electron chi connectivity index (χ3n) is 7.97. The van der Waals surface area contributed by atoms with Gasteiger partial charge in [0.1, 0.15) is 5.75 Å². The molecule has 26 heavy (non-hydrogen) atoms. The molecule has 4 rings (SSSR count). The zero-order valence-corrected chi connectivity index (χ0v) is 16.5. The molecule has 138 valence electrons. The summed E-state index contributed by atoms with van der Waals surface area (Å²) < 4.78 is 5.30. The van der Waals surface area contributed by atoms with Crippen LogP contribution in [0.5, 0.6) is 5.75 Å². The number of aryl methyl sites for hydroxylation is 1. The van der Waals surface area contributed by atoms with Gasteiger partial charge in [-0.1, -0.05) is 18.9 Å². The van der Waals surface area contributed by atoms with Gasteiger partial charge >= 0.3 is 5.97 Å². The summed E-state index contributed by atoms with van der Waals surface area (Å²) in [6.45, 7) is 8.38. The molecule has 0 heterocycles. The van der Waals surface area contributed by atoms with Gasteiger partial charge in [-0.25, -0.2) is 0 Å². The molecule has 5 atom stereocenters. The van der Waals surface area contributed by atoms with E-state index in [0.29, 0.717) is 17.1 Å². The summed E-state index contributed by atoms with van der Waals surface area (Å²) in [6, 6.07) is 6.31. The van der Waals surface area contributed by atoms with Crippen molar-refractivity contribution in [2.24, 2.45) is 22.7 Å². The summed E-state index contributed by atoms with van der Waals surface area (Å²) in [5.41, 5.74) is 3.43. The highest BCUT2D eigenvalue weighted by atomic mass is 16.5. The Bertz CT molecular complexity index is 798. The van der Waals surface area contributed by atoms with Crippen LogP contribution in [0.25, 0.3) is 0 Å². The molecule has 0 N–H and O–H groups in total. The highest BCUT2D eigenvalue weighted by Crippen LogP contribution is 2.67. The van der Waals surface area contributed by atoms with Crippen LogP contribution in [0.3, 0.4) is 0 Å². The van der Waals surface area contributed by atoms with E-state index in [1.165, 1.54) is 50.2 Å². The van der Waals surface area contributed by atoms with E-state index in [9.17, 15) is 4.79 Å². The molecule has 0 aliphatic heterocycles. The molecular formula is C24H30O2. The highest BCUT2D eigenvalue weighted by Gasteiger charge is 2.59. The Morgan fingerprint density at radius 2 is 2.00 bits per heavy atom. The van der Waals surface area contributed by atoms with Crippen LogP contribution in [-0.4, -0.2) is 5.97 Å². The second-order valence-corrected chi connectivity index (χ2v) is 9.07. The minimum Gasteiger partial charge on any atom is -0.427 e. The fourth-order valence-electron chi connectivity index (χ4n) is 6.54. The SMILES string of the molecule is CC#C[C@@]1(C)CC[C@H]2[C@@H]3CCc4cc(OC(C)=O)ccc4[C@H]3CC[C@@]21C. The molecule has 3 aliphatic rings. The average molecular weight is 351 g/mol. The Morgan fingerprint density at radius 3 is 2.73 bits per heavy atom. The fraction of sp³-hybridized carbons (Fsp3) is 0.625. The minimum atomic E-state index is -0.241. The van der Waals surface area contributed by atoms with E-state index in [1.54, 1.807) is 0 Å². The van der Waals surface area contributed by atoms with Crippen molar-refractivity contribution in [2.45, 2.75) is 72.1 Å². The Morgan fingerprint density at radius 1 is 1.19 bits per heavy atom. The maximum absolute atomic E-state index is 11.3. The molecule has 2 saturated carbocycles. The molecule has 2 heteroatoms. The topological polar surface area (TPSA) is 26.3 Å². The van der Waals surface area contributed by atoms with E-state index >= 15 is 0 Å². The van der Waals surface area contributed by atoms with Gasteiger partial charge in [-0.2, -0.15) is 0 Å². The molecule has 1 aromatic carbocycles. The first-order valence-corrected chi connectivity index (χ1v) is 10.1. The molecule has 3 aliphatic carbocycles. The molecule has 0 unspecified atom stereocenters. The Labute approximate surface area is 157 Å². The predicted octanol–water partition coefficient (Wildman–Crippen LogP) is 5.50. The van der Waals surface area contributed by atoms with Gasteiger partial charge in [-0.3, -0.25) is 4.79 Å². The van der Waals surface area contributed by atoms with Gasteiger partial charge in [0.25, 0.3) is 0 Å². The first-order valence-electron chi connectivity index (χ1n) is 10.1. The number of carbonyl (C=O) groups excluding carboxylic acids is 1. The number of esters is 1. The van der Waals surface area contributed by atoms with Crippen molar-refractivity contribution in [1.29, 1.82) is 0 Å². The van der Waals surface area contributed by atoms with Gasteiger partial charge in [0, 0.05) is 12.3 Å².